The Morgan fingerprint density at radius 1 is 1.11 bits per heavy atom. The minimum absolute atomic E-state index is 0.159. The quantitative estimate of drug-likeness (QED) is 0.539. The average Bonchev–Trinajstić information content (AvgIpc) is 3.37. The number of aromatic amines is 1. The maximum Gasteiger partial charge on any atom is 0.273 e. The normalized spacial score (nSPS) is 11.0. The van der Waals surface area contributed by atoms with E-state index in [1.807, 2.05) is 17.5 Å². The van der Waals surface area contributed by atoms with Crippen LogP contribution in [0.2, 0.25) is 0 Å². The van der Waals surface area contributed by atoms with Crippen molar-refractivity contribution in [3.05, 3.63) is 73.6 Å². The summed E-state index contributed by atoms with van der Waals surface area (Å²) in [6.45, 7) is 0.353. The van der Waals surface area contributed by atoms with Crippen molar-refractivity contribution in [2.24, 2.45) is 0 Å². The molecule has 7 nitrogen and oxygen atoms in total. The third-order valence-electron chi connectivity index (χ3n) is 3.97. The molecule has 0 bridgehead atoms. The minimum atomic E-state index is -0.336. The zero-order valence-electron chi connectivity index (χ0n) is 14.0. The second-order valence-electron chi connectivity index (χ2n) is 5.71. The molecular weight excluding hydrogens is 384 g/mol. The molecule has 0 aliphatic carbocycles. The number of thiophene rings is 1. The van der Waals surface area contributed by atoms with E-state index in [9.17, 15) is 14.4 Å². The Kier molecular flexibility index (Phi) is 4.69. The van der Waals surface area contributed by atoms with E-state index in [1.165, 1.54) is 16.0 Å². The molecule has 2 N–H and O–H groups in total. The van der Waals surface area contributed by atoms with E-state index in [-0.39, 0.29) is 30.1 Å². The summed E-state index contributed by atoms with van der Waals surface area (Å²) >= 11 is 2.97. The number of nitrogens with one attached hydrogen (secondary N) is 2. The fourth-order valence-corrected chi connectivity index (χ4v) is 4.28. The van der Waals surface area contributed by atoms with Gasteiger partial charge in [0.05, 0.1) is 22.2 Å². The first-order valence-corrected chi connectivity index (χ1v) is 9.89. The van der Waals surface area contributed by atoms with Crippen molar-refractivity contribution in [2.75, 3.05) is 6.54 Å². The van der Waals surface area contributed by atoms with Crippen molar-refractivity contribution in [1.82, 2.24) is 20.1 Å². The first kappa shape index (κ1) is 17.4. The van der Waals surface area contributed by atoms with Gasteiger partial charge in [-0.05, 0) is 23.6 Å². The number of rotatable bonds is 5. The van der Waals surface area contributed by atoms with Crippen LogP contribution >= 0.6 is 22.7 Å². The first-order valence-electron chi connectivity index (χ1n) is 8.13. The van der Waals surface area contributed by atoms with E-state index < -0.39 is 0 Å². The summed E-state index contributed by atoms with van der Waals surface area (Å²) in [6.07, 6.45) is 0. The summed E-state index contributed by atoms with van der Waals surface area (Å²) in [5.74, 6) is -0.315. The highest BCUT2D eigenvalue weighted by Gasteiger charge is 2.12. The largest absolute Gasteiger partial charge is 0.349 e. The number of fused-ring (bicyclic) bond motifs is 1. The van der Waals surface area contributed by atoms with Crippen molar-refractivity contribution in [3.8, 4) is 9.88 Å². The number of hydrogen-bond donors (Lipinski definition) is 2. The molecule has 0 radical (unpaired) electrons. The minimum Gasteiger partial charge on any atom is -0.349 e. The summed E-state index contributed by atoms with van der Waals surface area (Å²) in [4.78, 5) is 42.1. The van der Waals surface area contributed by atoms with Crippen LogP contribution in [-0.2, 0) is 6.54 Å². The lowest BCUT2D eigenvalue weighted by Gasteiger charge is -2.07. The molecule has 3 heterocycles. The maximum atomic E-state index is 12.4. The Balaban J connectivity index is 1.45. The van der Waals surface area contributed by atoms with Gasteiger partial charge in [-0.15, -0.1) is 22.7 Å². The fraction of sp³-hybridized carbons (Fsp3) is 0.111. The van der Waals surface area contributed by atoms with Crippen LogP contribution in [0.1, 0.15) is 10.5 Å². The Hall–Kier alpha value is -3.04. The van der Waals surface area contributed by atoms with Gasteiger partial charge in [0, 0.05) is 11.9 Å². The predicted octanol–water partition coefficient (Wildman–Crippen LogP) is 2.30. The molecule has 0 unspecified atom stereocenters. The van der Waals surface area contributed by atoms with Gasteiger partial charge in [0.15, 0.2) is 0 Å². The molecule has 1 aromatic carbocycles. The number of thiazole rings is 1. The molecule has 27 heavy (non-hydrogen) atoms. The third-order valence-corrected chi connectivity index (χ3v) is 5.85. The number of H-pyrrole nitrogens is 1. The van der Waals surface area contributed by atoms with Gasteiger partial charge < -0.3 is 5.32 Å². The van der Waals surface area contributed by atoms with Crippen LogP contribution in [0.15, 0.2) is 56.7 Å². The monoisotopic (exact) mass is 398 g/mol. The zero-order valence-corrected chi connectivity index (χ0v) is 15.6. The highest BCUT2D eigenvalue weighted by Crippen LogP contribution is 2.27. The Bertz CT molecular complexity index is 1220. The first-order chi connectivity index (χ1) is 13.1. The number of hydrogen-bond acceptors (Lipinski definition) is 6. The number of carbonyl (C=O) groups excluding carboxylic acids is 1. The highest BCUT2D eigenvalue weighted by molar-refractivity contribution is 7.20. The summed E-state index contributed by atoms with van der Waals surface area (Å²) in [6, 6.07) is 10.5. The van der Waals surface area contributed by atoms with Gasteiger partial charge in [-0.1, -0.05) is 18.2 Å². The topological polar surface area (TPSA) is 96.9 Å². The van der Waals surface area contributed by atoms with Gasteiger partial charge in [0.25, 0.3) is 17.0 Å². The van der Waals surface area contributed by atoms with Crippen LogP contribution in [0.25, 0.3) is 20.7 Å². The molecule has 0 saturated carbocycles. The zero-order chi connectivity index (χ0) is 18.8. The summed E-state index contributed by atoms with van der Waals surface area (Å²) in [7, 11) is 0. The molecule has 9 heteroatoms. The van der Waals surface area contributed by atoms with E-state index in [2.05, 4.69) is 15.4 Å². The number of benzene rings is 1. The molecule has 3 aromatic heterocycles. The number of aromatic nitrogens is 3. The SMILES string of the molecule is O=C(NCCn1[nH]c(=O)c2ccccc2c1=O)c1csc(-c2cccs2)n1. The smallest absolute Gasteiger partial charge is 0.273 e. The second-order valence-corrected chi connectivity index (χ2v) is 7.52. The van der Waals surface area contributed by atoms with Gasteiger partial charge in [-0.2, -0.15) is 0 Å². The van der Waals surface area contributed by atoms with Gasteiger partial charge in [-0.25, -0.2) is 9.67 Å². The molecule has 4 aromatic rings. The van der Waals surface area contributed by atoms with E-state index in [0.717, 1.165) is 9.88 Å². The fourth-order valence-electron chi connectivity index (χ4n) is 2.67. The Labute approximate surface area is 160 Å². The summed E-state index contributed by atoms with van der Waals surface area (Å²) in [5, 5.41) is 10.4. The lowest BCUT2D eigenvalue weighted by molar-refractivity contribution is 0.0947. The molecule has 1 amide bonds. The molecule has 0 fully saturated rings. The number of amides is 1. The Morgan fingerprint density at radius 2 is 1.93 bits per heavy atom. The van der Waals surface area contributed by atoms with Crippen LogP contribution in [0.5, 0.6) is 0 Å². The molecule has 4 rings (SSSR count). The van der Waals surface area contributed by atoms with Crippen LogP contribution < -0.4 is 16.4 Å². The van der Waals surface area contributed by atoms with Crippen LogP contribution in [0.3, 0.4) is 0 Å². The molecule has 136 valence electrons. The standard InChI is InChI=1S/C18H14N4O3S2/c23-15-11-4-1-2-5-12(11)18(25)22(21-15)8-7-19-16(24)13-10-27-17(20-13)14-6-3-9-26-14/h1-6,9-10H,7-8H2,(H,19,24)(H,21,23). The van der Waals surface area contributed by atoms with Crippen molar-refractivity contribution >= 4 is 39.4 Å². The molecule has 0 aliphatic rings. The van der Waals surface area contributed by atoms with Gasteiger partial charge in [0.1, 0.15) is 10.7 Å². The van der Waals surface area contributed by atoms with Crippen LogP contribution in [0.4, 0.5) is 0 Å². The Morgan fingerprint density at radius 3 is 2.70 bits per heavy atom. The van der Waals surface area contributed by atoms with E-state index in [0.29, 0.717) is 16.5 Å². The predicted molar refractivity (Wildman–Crippen MR) is 107 cm³/mol. The molecule has 0 aliphatic heterocycles. The summed E-state index contributed by atoms with van der Waals surface area (Å²) in [5.41, 5.74) is -0.299. The molecule has 0 atom stereocenters. The van der Waals surface area contributed by atoms with Crippen molar-refractivity contribution in [2.45, 2.75) is 6.54 Å². The molecular formula is C18H14N4O3S2. The van der Waals surface area contributed by atoms with E-state index in [4.69, 9.17) is 0 Å². The van der Waals surface area contributed by atoms with Gasteiger partial charge >= 0.3 is 0 Å². The van der Waals surface area contributed by atoms with Crippen molar-refractivity contribution in [3.63, 3.8) is 0 Å². The van der Waals surface area contributed by atoms with Crippen LogP contribution in [-0.4, -0.2) is 27.2 Å². The lowest BCUT2D eigenvalue weighted by atomic mass is 10.2. The molecule has 0 saturated heterocycles. The second kappa shape index (κ2) is 7.29. The maximum absolute atomic E-state index is 12.4. The molecule has 0 spiro atoms. The number of nitrogens with zero attached hydrogens (tertiary/aromatic N) is 2. The van der Waals surface area contributed by atoms with E-state index >= 15 is 0 Å². The van der Waals surface area contributed by atoms with E-state index in [1.54, 1.807) is 41.0 Å². The van der Waals surface area contributed by atoms with Crippen molar-refractivity contribution < 1.29 is 4.79 Å². The van der Waals surface area contributed by atoms with Crippen molar-refractivity contribution in [1.29, 1.82) is 0 Å². The van der Waals surface area contributed by atoms with Gasteiger partial charge in [-0.3, -0.25) is 19.5 Å². The third kappa shape index (κ3) is 3.46. The average molecular weight is 398 g/mol. The number of carbonyl (C=O) groups is 1. The van der Waals surface area contributed by atoms with Gasteiger partial charge in [0.2, 0.25) is 0 Å². The van der Waals surface area contributed by atoms with Crippen LogP contribution in [0, 0.1) is 0 Å². The highest BCUT2D eigenvalue weighted by atomic mass is 32.1. The lowest BCUT2D eigenvalue weighted by Crippen LogP contribution is -2.35. The summed E-state index contributed by atoms with van der Waals surface area (Å²) < 4.78 is 1.21.